The molecule has 0 saturated heterocycles. The van der Waals surface area contributed by atoms with Crippen LogP contribution in [0.5, 0.6) is 0 Å². The van der Waals surface area contributed by atoms with Crippen LogP contribution >= 0.6 is 0 Å². The first-order valence-electron chi connectivity index (χ1n) is 9.51. The van der Waals surface area contributed by atoms with Crippen molar-refractivity contribution in [2.24, 2.45) is 0 Å². The summed E-state index contributed by atoms with van der Waals surface area (Å²) in [5, 5.41) is 17.5. The lowest BCUT2D eigenvalue weighted by Crippen LogP contribution is -2.08. The van der Waals surface area contributed by atoms with E-state index in [1.807, 2.05) is 29.8 Å². The summed E-state index contributed by atoms with van der Waals surface area (Å²) in [7, 11) is 0. The Kier molecular flexibility index (Phi) is 4.92. The maximum atomic E-state index is 14.0. The summed E-state index contributed by atoms with van der Waals surface area (Å²) in [4.78, 5) is 4.44. The van der Waals surface area contributed by atoms with E-state index in [0.29, 0.717) is 35.1 Å². The first-order chi connectivity index (χ1) is 14.3. The second-order valence-electron chi connectivity index (χ2n) is 7.61. The fourth-order valence-corrected chi connectivity index (χ4v) is 3.09. The predicted molar refractivity (Wildman–Crippen MR) is 110 cm³/mol. The lowest BCUT2D eigenvalue weighted by atomic mass is 9.99. The Morgan fingerprint density at radius 2 is 1.80 bits per heavy atom. The van der Waals surface area contributed by atoms with E-state index in [9.17, 15) is 4.39 Å². The number of nitrogens with zero attached hydrogens (tertiary/aromatic N) is 5. The fraction of sp³-hybridized carbons (Fsp3) is 0.217. The van der Waals surface area contributed by atoms with Crippen LogP contribution in [0.4, 0.5) is 4.39 Å². The van der Waals surface area contributed by atoms with Crippen LogP contribution in [-0.2, 0) is 12.2 Å². The van der Waals surface area contributed by atoms with E-state index in [0.717, 1.165) is 16.8 Å². The van der Waals surface area contributed by atoms with Crippen molar-refractivity contribution in [3.63, 3.8) is 0 Å². The molecule has 2 aromatic carbocycles. The second kappa shape index (κ2) is 7.56. The van der Waals surface area contributed by atoms with Crippen molar-refractivity contribution in [2.75, 3.05) is 0 Å². The Balaban J connectivity index is 1.55. The minimum Gasteiger partial charge on any atom is -0.332 e. The van der Waals surface area contributed by atoms with Crippen molar-refractivity contribution in [2.45, 2.75) is 33.0 Å². The van der Waals surface area contributed by atoms with Crippen LogP contribution in [0.3, 0.4) is 0 Å². The molecule has 7 heteroatoms. The maximum Gasteiger partial charge on any atom is 0.278 e. The Labute approximate surface area is 173 Å². The lowest BCUT2D eigenvalue weighted by Gasteiger charge is -2.14. The number of aryl methyl sites for hydroxylation is 1. The average molecular weight is 401 g/mol. The van der Waals surface area contributed by atoms with E-state index in [1.165, 1.54) is 13.8 Å². The van der Waals surface area contributed by atoms with Crippen molar-refractivity contribution in [1.29, 1.82) is 5.26 Å². The van der Waals surface area contributed by atoms with Gasteiger partial charge in [-0.15, -0.1) is 0 Å². The molecule has 150 valence electrons. The number of hydrogen-bond acceptors (Lipinski definition) is 5. The molecule has 0 amide bonds. The van der Waals surface area contributed by atoms with E-state index < -0.39 is 5.67 Å². The molecule has 0 spiro atoms. The van der Waals surface area contributed by atoms with Gasteiger partial charge in [0, 0.05) is 11.3 Å². The largest absolute Gasteiger partial charge is 0.332 e. The first kappa shape index (κ1) is 19.5. The van der Waals surface area contributed by atoms with E-state index in [-0.39, 0.29) is 0 Å². The number of nitriles is 1. The highest BCUT2D eigenvalue weighted by Crippen LogP contribution is 2.27. The molecule has 0 atom stereocenters. The highest BCUT2D eigenvalue weighted by Gasteiger charge is 2.19. The predicted octanol–water partition coefficient (Wildman–Crippen LogP) is 5.03. The van der Waals surface area contributed by atoms with Crippen LogP contribution in [0.25, 0.3) is 23.0 Å². The van der Waals surface area contributed by atoms with Gasteiger partial charge in [0.1, 0.15) is 5.67 Å². The number of halogens is 1. The van der Waals surface area contributed by atoms with Crippen molar-refractivity contribution in [3.05, 3.63) is 77.0 Å². The highest BCUT2D eigenvalue weighted by atomic mass is 19.1. The molecule has 0 aliphatic heterocycles. The number of alkyl halides is 1. The Hall–Kier alpha value is -3.79. The molecular formula is C23H20FN5O. The highest BCUT2D eigenvalue weighted by molar-refractivity contribution is 5.58. The SMILES string of the molecule is Cc1cc(-c2nc(-c3ccc(C(C)(C)F)cc3)no2)nn1Cc1ccc(C#N)cc1. The zero-order valence-electron chi connectivity index (χ0n) is 16.9. The van der Waals surface area contributed by atoms with Gasteiger partial charge in [-0.2, -0.15) is 15.3 Å². The monoisotopic (exact) mass is 401 g/mol. The summed E-state index contributed by atoms with van der Waals surface area (Å²) >= 11 is 0. The smallest absolute Gasteiger partial charge is 0.278 e. The summed E-state index contributed by atoms with van der Waals surface area (Å²) in [5.41, 5.74) is 3.12. The van der Waals surface area contributed by atoms with Gasteiger partial charge in [0.25, 0.3) is 5.89 Å². The number of rotatable bonds is 5. The van der Waals surface area contributed by atoms with Crippen molar-refractivity contribution >= 4 is 0 Å². The third kappa shape index (κ3) is 3.98. The third-order valence-electron chi connectivity index (χ3n) is 4.87. The topological polar surface area (TPSA) is 80.5 Å². The van der Waals surface area contributed by atoms with Crippen molar-refractivity contribution in [3.8, 4) is 29.0 Å². The number of aromatic nitrogens is 4. The van der Waals surface area contributed by atoms with Crippen molar-refractivity contribution < 1.29 is 8.91 Å². The number of hydrogen-bond donors (Lipinski definition) is 0. The standard InChI is InChI=1S/C23H20FN5O/c1-15-12-20(27-29(15)14-17-6-4-16(13-25)5-7-17)22-26-21(28-30-22)18-8-10-19(11-9-18)23(2,3)24/h4-12H,14H2,1-3H3. The zero-order chi connectivity index (χ0) is 21.3. The van der Waals surface area contributed by atoms with Gasteiger partial charge in [0.05, 0.1) is 18.2 Å². The summed E-state index contributed by atoms with van der Waals surface area (Å²) in [6.45, 7) is 5.56. The lowest BCUT2D eigenvalue weighted by molar-refractivity contribution is 0.221. The van der Waals surface area contributed by atoms with Gasteiger partial charge < -0.3 is 4.52 Å². The molecular weight excluding hydrogens is 381 g/mol. The van der Waals surface area contributed by atoms with Gasteiger partial charge >= 0.3 is 0 Å². The minimum atomic E-state index is -1.40. The molecule has 0 saturated carbocycles. The van der Waals surface area contributed by atoms with Crippen LogP contribution < -0.4 is 0 Å². The van der Waals surface area contributed by atoms with E-state index in [4.69, 9.17) is 9.78 Å². The van der Waals surface area contributed by atoms with Crippen LogP contribution in [0.1, 0.15) is 36.2 Å². The summed E-state index contributed by atoms with van der Waals surface area (Å²) in [6, 6.07) is 18.4. The van der Waals surface area contributed by atoms with E-state index in [1.54, 1.807) is 36.4 Å². The molecule has 0 aliphatic carbocycles. The average Bonchev–Trinajstić information content (AvgIpc) is 3.35. The minimum absolute atomic E-state index is 0.321. The Bertz CT molecular complexity index is 1210. The van der Waals surface area contributed by atoms with Gasteiger partial charge in [0.15, 0.2) is 5.69 Å². The Morgan fingerprint density at radius 1 is 1.10 bits per heavy atom. The van der Waals surface area contributed by atoms with Gasteiger partial charge in [-0.05, 0) is 50.1 Å². The van der Waals surface area contributed by atoms with Gasteiger partial charge in [-0.3, -0.25) is 4.68 Å². The molecule has 4 rings (SSSR count). The summed E-state index contributed by atoms with van der Waals surface area (Å²) < 4.78 is 21.3. The molecule has 30 heavy (non-hydrogen) atoms. The molecule has 0 radical (unpaired) electrons. The van der Waals surface area contributed by atoms with Gasteiger partial charge in [-0.25, -0.2) is 4.39 Å². The van der Waals surface area contributed by atoms with Gasteiger partial charge in [-0.1, -0.05) is 41.6 Å². The second-order valence-corrected chi connectivity index (χ2v) is 7.61. The van der Waals surface area contributed by atoms with Crippen molar-refractivity contribution in [1.82, 2.24) is 19.9 Å². The molecule has 0 bridgehead atoms. The first-order valence-corrected chi connectivity index (χ1v) is 9.51. The van der Waals surface area contributed by atoms with E-state index >= 15 is 0 Å². The normalized spacial score (nSPS) is 11.4. The summed E-state index contributed by atoms with van der Waals surface area (Å²) in [5.74, 6) is 0.745. The zero-order valence-corrected chi connectivity index (χ0v) is 16.9. The maximum absolute atomic E-state index is 14.0. The molecule has 0 fully saturated rings. The van der Waals surface area contributed by atoms with Gasteiger partial charge in [0.2, 0.25) is 5.82 Å². The molecule has 0 unspecified atom stereocenters. The van der Waals surface area contributed by atoms with Crippen LogP contribution in [0.2, 0.25) is 0 Å². The molecule has 0 N–H and O–H groups in total. The van der Waals surface area contributed by atoms with Crippen LogP contribution in [0, 0.1) is 18.3 Å². The summed E-state index contributed by atoms with van der Waals surface area (Å²) in [6.07, 6.45) is 0. The molecule has 2 heterocycles. The van der Waals surface area contributed by atoms with Crippen LogP contribution in [-0.4, -0.2) is 19.9 Å². The quantitative estimate of drug-likeness (QED) is 0.468. The molecule has 2 aromatic heterocycles. The molecule has 0 aliphatic rings. The van der Waals surface area contributed by atoms with Crippen LogP contribution in [0.15, 0.2) is 59.1 Å². The Morgan fingerprint density at radius 3 is 2.43 bits per heavy atom. The number of benzene rings is 2. The fourth-order valence-electron chi connectivity index (χ4n) is 3.09. The molecule has 4 aromatic rings. The third-order valence-corrected chi connectivity index (χ3v) is 4.87. The molecule has 6 nitrogen and oxygen atoms in total. The van der Waals surface area contributed by atoms with E-state index in [2.05, 4.69) is 21.3 Å².